The van der Waals surface area contributed by atoms with E-state index >= 15 is 0 Å². The Morgan fingerprint density at radius 2 is 1.87 bits per heavy atom. The Kier molecular flexibility index (Phi) is 6.69. The lowest BCUT2D eigenvalue weighted by atomic mass is 10.1. The van der Waals surface area contributed by atoms with Crippen molar-refractivity contribution in [2.24, 2.45) is 0 Å². The lowest BCUT2D eigenvalue weighted by Crippen LogP contribution is -2.48. The molecular formula is C16H21Cl2N3O2. The Balaban J connectivity index is 1.71. The number of nitrogens with zero attached hydrogens (tertiary/aromatic N) is 2. The highest BCUT2D eigenvalue weighted by Gasteiger charge is 2.20. The summed E-state index contributed by atoms with van der Waals surface area (Å²) in [5.41, 5.74) is 0.918. The summed E-state index contributed by atoms with van der Waals surface area (Å²) in [5, 5.41) is 3.93. The standard InChI is InChI=1S/C16H21Cl2N3O2/c1-20-6-8-21(9-7-20)16(23)11-15(22)19-5-4-12-2-3-13(17)10-14(12)18/h2-3,10H,4-9,11H2,1H3,(H,19,22). The van der Waals surface area contributed by atoms with Crippen LogP contribution in [0.3, 0.4) is 0 Å². The molecule has 0 aromatic heterocycles. The maximum absolute atomic E-state index is 12.1. The van der Waals surface area contributed by atoms with E-state index in [-0.39, 0.29) is 18.2 Å². The number of hydrogen-bond acceptors (Lipinski definition) is 3. The van der Waals surface area contributed by atoms with Crippen molar-refractivity contribution in [2.45, 2.75) is 12.8 Å². The van der Waals surface area contributed by atoms with Crippen LogP contribution >= 0.6 is 23.2 Å². The van der Waals surface area contributed by atoms with Gasteiger partial charge in [0.15, 0.2) is 0 Å². The molecule has 2 rings (SSSR count). The first-order valence-electron chi connectivity index (χ1n) is 7.62. The van der Waals surface area contributed by atoms with Crippen LogP contribution in [0.1, 0.15) is 12.0 Å². The number of carbonyl (C=O) groups is 2. The van der Waals surface area contributed by atoms with Crippen LogP contribution in [0.25, 0.3) is 0 Å². The third-order valence-corrected chi connectivity index (χ3v) is 4.49. The van der Waals surface area contributed by atoms with E-state index in [4.69, 9.17) is 23.2 Å². The molecule has 0 radical (unpaired) electrons. The van der Waals surface area contributed by atoms with Crippen molar-refractivity contribution in [3.63, 3.8) is 0 Å². The molecule has 1 saturated heterocycles. The largest absolute Gasteiger partial charge is 0.355 e. The number of benzene rings is 1. The van der Waals surface area contributed by atoms with Crippen LogP contribution in [0.4, 0.5) is 0 Å². The van der Waals surface area contributed by atoms with Gasteiger partial charge in [-0.2, -0.15) is 0 Å². The summed E-state index contributed by atoms with van der Waals surface area (Å²) in [7, 11) is 2.02. The molecule has 0 bridgehead atoms. The number of carbonyl (C=O) groups excluding carboxylic acids is 2. The van der Waals surface area contributed by atoms with E-state index in [0.717, 1.165) is 18.7 Å². The number of rotatable bonds is 5. The maximum Gasteiger partial charge on any atom is 0.232 e. The van der Waals surface area contributed by atoms with Gasteiger partial charge in [-0.15, -0.1) is 0 Å². The summed E-state index contributed by atoms with van der Waals surface area (Å²) in [5.74, 6) is -0.362. The molecule has 0 aliphatic carbocycles. The second kappa shape index (κ2) is 8.52. The lowest BCUT2D eigenvalue weighted by Gasteiger charge is -2.32. The first-order chi connectivity index (χ1) is 11.0. The number of hydrogen-bond donors (Lipinski definition) is 1. The maximum atomic E-state index is 12.1. The van der Waals surface area contributed by atoms with Crippen molar-refractivity contribution in [1.29, 1.82) is 0 Å². The monoisotopic (exact) mass is 357 g/mol. The van der Waals surface area contributed by atoms with Gasteiger partial charge in [0.1, 0.15) is 6.42 Å². The van der Waals surface area contributed by atoms with Crippen LogP contribution in [0.15, 0.2) is 18.2 Å². The summed E-state index contributed by atoms with van der Waals surface area (Å²) < 4.78 is 0. The first-order valence-corrected chi connectivity index (χ1v) is 8.38. The molecule has 0 spiro atoms. The Morgan fingerprint density at radius 3 is 2.52 bits per heavy atom. The van der Waals surface area contributed by atoms with Crippen molar-refractivity contribution in [1.82, 2.24) is 15.1 Å². The third kappa shape index (κ3) is 5.68. The predicted octanol–water partition coefficient (Wildman–Crippen LogP) is 1.82. The van der Waals surface area contributed by atoms with Crippen LogP contribution in [0, 0.1) is 0 Å². The first kappa shape index (κ1) is 18.0. The van der Waals surface area contributed by atoms with E-state index in [9.17, 15) is 9.59 Å². The Morgan fingerprint density at radius 1 is 1.17 bits per heavy atom. The molecular weight excluding hydrogens is 337 g/mol. The number of nitrogens with one attached hydrogen (secondary N) is 1. The minimum atomic E-state index is -0.251. The highest BCUT2D eigenvalue weighted by atomic mass is 35.5. The SMILES string of the molecule is CN1CCN(C(=O)CC(=O)NCCc2ccc(Cl)cc2Cl)CC1. The van der Waals surface area contributed by atoms with Crippen LogP contribution in [-0.4, -0.2) is 61.4 Å². The zero-order valence-corrected chi connectivity index (χ0v) is 14.7. The fourth-order valence-corrected chi connectivity index (χ4v) is 2.93. The quantitative estimate of drug-likeness (QED) is 0.817. The van der Waals surface area contributed by atoms with Crippen LogP contribution in [0.2, 0.25) is 10.0 Å². The second-order valence-electron chi connectivity index (χ2n) is 5.70. The molecule has 0 unspecified atom stereocenters. The van der Waals surface area contributed by atoms with Gasteiger partial charge in [-0.3, -0.25) is 9.59 Å². The molecule has 0 saturated carbocycles. The minimum Gasteiger partial charge on any atom is -0.355 e. The minimum absolute atomic E-state index is 0.0991. The van der Waals surface area contributed by atoms with Gasteiger partial charge in [-0.05, 0) is 31.2 Å². The van der Waals surface area contributed by atoms with Crippen LogP contribution in [-0.2, 0) is 16.0 Å². The van der Waals surface area contributed by atoms with E-state index in [1.165, 1.54) is 0 Å². The summed E-state index contributed by atoms with van der Waals surface area (Å²) >= 11 is 11.9. The van der Waals surface area contributed by atoms with Gasteiger partial charge in [0, 0.05) is 42.8 Å². The van der Waals surface area contributed by atoms with Gasteiger partial charge < -0.3 is 15.1 Å². The fourth-order valence-electron chi connectivity index (χ4n) is 2.43. The Labute approximate surface area is 146 Å². The molecule has 5 nitrogen and oxygen atoms in total. The molecule has 1 aromatic rings. The molecule has 126 valence electrons. The normalized spacial score (nSPS) is 15.5. The van der Waals surface area contributed by atoms with Crippen molar-refractivity contribution in [3.05, 3.63) is 33.8 Å². The highest BCUT2D eigenvalue weighted by molar-refractivity contribution is 6.35. The predicted molar refractivity (Wildman–Crippen MR) is 91.9 cm³/mol. The average molecular weight is 358 g/mol. The zero-order chi connectivity index (χ0) is 16.8. The molecule has 1 fully saturated rings. The topological polar surface area (TPSA) is 52.7 Å². The van der Waals surface area contributed by atoms with E-state index in [0.29, 0.717) is 36.1 Å². The van der Waals surface area contributed by atoms with Crippen LogP contribution < -0.4 is 5.32 Å². The van der Waals surface area contributed by atoms with E-state index in [1.54, 1.807) is 17.0 Å². The van der Waals surface area contributed by atoms with E-state index in [2.05, 4.69) is 10.2 Å². The van der Waals surface area contributed by atoms with Crippen molar-refractivity contribution in [2.75, 3.05) is 39.8 Å². The van der Waals surface area contributed by atoms with E-state index in [1.807, 2.05) is 13.1 Å². The third-order valence-electron chi connectivity index (χ3n) is 3.90. The molecule has 2 amide bonds. The zero-order valence-electron chi connectivity index (χ0n) is 13.1. The highest BCUT2D eigenvalue weighted by Crippen LogP contribution is 2.21. The Hall–Kier alpha value is -1.30. The summed E-state index contributed by atoms with van der Waals surface area (Å²) in [4.78, 5) is 27.8. The summed E-state index contributed by atoms with van der Waals surface area (Å²) in [6, 6.07) is 5.28. The van der Waals surface area contributed by atoms with Gasteiger partial charge in [0.25, 0.3) is 0 Å². The number of likely N-dealkylation sites (N-methyl/N-ethyl adjacent to an activating group) is 1. The van der Waals surface area contributed by atoms with Gasteiger partial charge in [-0.25, -0.2) is 0 Å². The molecule has 1 aliphatic rings. The van der Waals surface area contributed by atoms with Crippen LogP contribution in [0.5, 0.6) is 0 Å². The summed E-state index contributed by atoms with van der Waals surface area (Å²) in [6.45, 7) is 3.51. The molecule has 23 heavy (non-hydrogen) atoms. The second-order valence-corrected chi connectivity index (χ2v) is 6.54. The fraction of sp³-hybridized carbons (Fsp3) is 0.500. The van der Waals surface area contributed by atoms with E-state index < -0.39 is 0 Å². The molecule has 1 aromatic carbocycles. The summed E-state index contributed by atoms with van der Waals surface area (Å²) in [6.07, 6.45) is 0.502. The Bertz CT molecular complexity index is 572. The van der Waals surface area contributed by atoms with Gasteiger partial charge in [-0.1, -0.05) is 29.3 Å². The molecule has 1 aliphatic heterocycles. The van der Waals surface area contributed by atoms with Crippen molar-refractivity contribution >= 4 is 35.0 Å². The average Bonchev–Trinajstić information content (AvgIpc) is 2.50. The number of amides is 2. The smallest absolute Gasteiger partial charge is 0.232 e. The lowest BCUT2D eigenvalue weighted by molar-refractivity contribution is -0.137. The van der Waals surface area contributed by atoms with Crippen molar-refractivity contribution in [3.8, 4) is 0 Å². The van der Waals surface area contributed by atoms with Crippen molar-refractivity contribution < 1.29 is 9.59 Å². The van der Waals surface area contributed by atoms with Gasteiger partial charge >= 0.3 is 0 Å². The molecule has 0 atom stereocenters. The molecule has 1 heterocycles. The molecule has 7 heteroatoms. The van der Waals surface area contributed by atoms with Gasteiger partial charge in [0.05, 0.1) is 0 Å². The molecule has 1 N–H and O–H groups in total. The number of piperazine rings is 1. The number of halogens is 2. The van der Waals surface area contributed by atoms with Gasteiger partial charge in [0.2, 0.25) is 11.8 Å².